The van der Waals surface area contributed by atoms with Crippen molar-refractivity contribution in [3.05, 3.63) is 0 Å². The largest absolute Gasteiger partial charge is 0.330 e. The van der Waals surface area contributed by atoms with Crippen molar-refractivity contribution in [2.45, 2.75) is 25.7 Å². The van der Waals surface area contributed by atoms with Crippen molar-refractivity contribution in [2.75, 3.05) is 25.9 Å². The van der Waals surface area contributed by atoms with Gasteiger partial charge in [0.05, 0.1) is 5.75 Å². The number of hydrogen-bond acceptors (Lipinski definition) is 3. The van der Waals surface area contributed by atoms with Crippen molar-refractivity contribution >= 4 is 10.0 Å². The molecule has 0 aromatic carbocycles. The molecule has 0 aliphatic heterocycles. The molecular formula is C9H20N2O2S. The van der Waals surface area contributed by atoms with E-state index in [0.29, 0.717) is 25.4 Å². The summed E-state index contributed by atoms with van der Waals surface area (Å²) in [5.74, 6) is 0.778. The quantitative estimate of drug-likeness (QED) is 0.704. The van der Waals surface area contributed by atoms with Crippen LogP contribution in [0.4, 0.5) is 0 Å². The fourth-order valence-electron chi connectivity index (χ4n) is 1.57. The zero-order chi connectivity index (χ0) is 10.6. The molecule has 0 amide bonds. The van der Waals surface area contributed by atoms with Gasteiger partial charge in [0.2, 0.25) is 10.0 Å². The number of hydrogen-bond donors (Lipinski definition) is 1. The predicted molar refractivity (Wildman–Crippen MR) is 57.4 cm³/mol. The van der Waals surface area contributed by atoms with E-state index in [0.717, 1.165) is 0 Å². The lowest BCUT2D eigenvalue weighted by Gasteiger charge is -2.29. The van der Waals surface area contributed by atoms with E-state index < -0.39 is 10.0 Å². The Morgan fingerprint density at radius 3 is 2.50 bits per heavy atom. The molecule has 1 aliphatic rings. The Kier molecular flexibility index (Phi) is 4.34. The van der Waals surface area contributed by atoms with Gasteiger partial charge in [-0.1, -0.05) is 6.42 Å². The van der Waals surface area contributed by atoms with Gasteiger partial charge in [-0.2, -0.15) is 0 Å². The second-order valence-corrected chi connectivity index (χ2v) is 6.23. The maximum absolute atomic E-state index is 11.6. The molecule has 0 atom stereocenters. The SMILES string of the molecule is CN(CC1CCC1)S(=O)(=O)CCCN. The molecule has 0 unspecified atom stereocenters. The van der Waals surface area contributed by atoms with Crippen LogP contribution in [0.15, 0.2) is 0 Å². The van der Waals surface area contributed by atoms with Gasteiger partial charge < -0.3 is 5.73 Å². The monoisotopic (exact) mass is 220 g/mol. The average molecular weight is 220 g/mol. The van der Waals surface area contributed by atoms with Gasteiger partial charge in [0, 0.05) is 13.6 Å². The Balaban J connectivity index is 2.36. The van der Waals surface area contributed by atoms with Crippen molar-refractivity contribution in [3.63, 3.8) is 0 Å². The highest BCUT2D eigenvalue weighted by atomic mass is 32.2. The summed E-state index contributed by atoms with van der Waals surface area (Å²) in [5.41, 5.74) is 5.29. The summed E-state index contributed by atoms with van der Waals surface area (Å²) in [4.78, 5) is 0. The van der Waals surface area contributed by atoms with Gasteiger partial charge in [0.25, 0.3) is 0 Å². The summed E-state index contributed by atoms with van der Waals surface area (Å²) in [6.45, 7) is 1.13. The molecule has 1 fully saturated rings. The predicted octanol–water partition coefficient (Wildman–Crippen LogP) is 0.397. The van der Waals surface area contributed by atoms with Gasteiger partial charge in [-0.3, -0.25) is 0 Å². The van der Waals surface area contributed by atoms with Crippen LogP contribution in [0.5, 0.6) is 0 Å². The molecule has 1 saturated carbocycles. The van der Waals surface area contributed by atoms with Crippen molar-refractivity contribution in [1.29, 1.82) is 0 Å². The fourth-order valence-corrected chi connectivity index (χ4v) is 2.86. The first kappa shape index (κ1) is 11.9. The normalized spacial score (nSPS) is 18.5. The molecule has 0 spiro atoms. The Hall–Kier alpha value is -0.130. The van der Waals surface area contributed by atoms with Crippen LogP contribution in [0.1, 0.15) is 25.7 Å². The molecule has 14 heavy (non-hydrogen) atoms. The highest BCUT2D eigenvalue weighted by Crippen LogP contribution is 2.27. The lowest BCUT2D eigenvalue weighted by molar-refractivity contribution is 0.263. The minimum absolute atomic E-state index is 0.187. The van der Waals surface area contributed by atoms with E-state index in [4.69, 9.17) is 5.73 Å². The molecular weight excluding hydrogens is 200 g/mol. The van der Waals surface area contributed by atoms with Crippen LogP contribution >= 0.6 is 0 Å². The minimum atomic E-state index is -3.04. The summed E-state index contributed by atoms with van der Waals surface area (Å²) >= 11 is 0. The highest BCUT2D eigenvalue weighted by Gasteiger charge is 2.24. The second kappa shape index (κ2) is 5.09. The number of nitrogens with zero attached hydrogens (tertiary/aromatic N) is 1. The lowest BCUT2D eigenvalue weighted by atomic mass is 9.86. The molecule has 2 N–H and O–H groups in total. The standard InChI is InChI=1S/C9H20N2O2S/c1-11(8-9-4-2-5-9)14(12,13)7-3-6-10/h9H,2-8,10H2,1H3. The van der Waals surface area contributed by atoms with E-state index in [-0.39, 0.29) is 5.75 Å². The van der Waals surface area contributed by atoms with E-state index in [1.807, 2.05) is 0 Å². The van der Waals surface area contributed by atoms with Gasteiger partial charge in [-0.05, 0) is 31.7 Å². The van der Waals surface area contributed by atoms with Crippen LogP contribution in [-0.4, -0.2) is 38.6 Å². The smallest absolute Gasteiger partial charge is 0.213 e. The maximum Gasteiger partial charge on any atom is 0.213 e. The van der Waals surface area contributed by atoms with Crippen LogP contribution in [0.2, 0.25) is 0 Å². The number of sulfonamides is 1. The lowest BCUT2D eigenvalue weighted by Crippen LogP contribution is -2.36. The van der Waals surface area contributed by atoms with E-state index in [2.05, 4.69) is 0 Å². The Morgan fingerprint density at radius 2 is 2.07 bits per heavy atom. The summed E-state index contributed by atoms with van der Waals surface area (Å²) in [7, 11) is -1.37. The molecule has 0 bridgehead atoms. The molecule has 0 heterocycles. The summed E-state index contributed by atoms with van der Waals surface area (Å²) in [5, 5.41) is 0. The molecule has 84 valence electrons. The third-order valence-corrected chi connectivity index (χ3v) is 4.72. The van der Waals surface area contributed by atoms with E-state index >= 15 is 0 Å². The zero-order valence-electron chi connectivity index (χ0n) is 8.78. The molecule has 4 nitrogen and oxygen atoms in total. The first-order valence-corrected chi connectivity index (χ1v) is 6.81. The van der Waals surface area contributed by atoms with Gasteiger partial charge in [-0.25, -0.2) is 12.7 Å². The van der Waals surface area contributed by atoms with Crippen LogP contribution in [0.25, 0.3) is 0 Å². The summed E-state index contributed by atoms with van der Waals surface area (Å²) in [6.07, 6.45) is 4.16. The van der Waals surface area contributed by atoms with E-state index in [9.17, 15) is 8.42 Å². The zero-order valence-corrected chi connectivity index (χ0v) is 9.59. The Morgan fingerprint density at radius 1 is 1.43 bits per heavy atom. The Labute approximate surface area is 86.5 Å². The second-order valence-electron chi connectivity index (χ2n) is 4.04. The third-order valence-electron chi connectivity index (χ3n) is 2.82. The molecule has 0 aromatic rings. The summed E-state index contributed by atoms with van der Waals surface area (Å²) < 4.78 is 24.8. The van der Waals surface area contributed by atoms with Gasteiger partial charge >= 0.3 is 0 Å². The molecule has 0 saturated heterocycles. The molecule has 1 aliphatic carbocycles. The first-order valence-electron chi connectivity index (χ1n) is 5.20. The van der Waals surface area contributed by atoms with Crippen LogP contribution in [-0.2, 0) is 10.0 Å². The van der Waals surface area contributed by atoms with Gasteiger partial charge in [-0.15, -0.1) is 0 Å². The minimum Gasteiger partial charge on any atom is -0.330 e. The van der Waals surface area contributed by atoms with Crippen molar-refractivity contribution in [3.8, 4) is 0 Å². The van der Waals surface area contributed by atoms with Crippen molar-refractivity contribution < 1.29 is 8.42 Å². The van der Waals surface area contributed by atoms with Crippen LogP contribution in [0.3, 0.4) is 0 Å². The average Bonchev–Trinajstić information content (AvgIpc) is 2.07. The van der Waals surface area contributed by atoms with Gasteiger partial charge in [0.1, 0.15) is 0 Å². The highest BCUT2D eigenvalue weighted by molar-refractivity contribution is 7.89. The number of rotatable bonds is 6. The van der Waals surface area contributed by atoms with Crippen LogP contribution in [0, 0.1) is 5.92 Å². The molecule has 0 aromatic heterocycles. The van der Waals surface area contributed by atoms with Crippen molar-refractivity contribution in [1.82, 2.24) is 4.31 Å². The van der Waals surface area contributed by atoms with Crippen molar-refractivity contribution in [2.24, 2.45) is 11.7 Å². The molecule has 1 rings (SSSR count). The third kappa shape index (κ3) is 3.22. The van der Waals surface area contributed by atoms with Crippen LogP contribution < -0.4 is 5.73 Å². The van der Waals surface area contributed by atoms with E-state index in [1.165, 1.54) is 23.6 Å². The Bertz CT molecular complexity index is 260. The number of nitrogens with two attached hydrogens (primary N) is 1. The topological polar surface area (TPSA) is 63.4 Å². The fraction of sp³-hybridized carbons (Fsp3) is 1.00. The molecule has 0 radical (unpaired) electrons. The molecule has 5 heteroatoms. The maximum atomic E-state index is 11.6. The summed E-state index contributed by atoms with van der Waals surface area (Å²) in [6, 6.07) is 0. The van der Waals surface area contributed by atoms with Gasteiger partial charge in [0.15, 0.2) is 0 Å². The first-order chi connectivity index (χ1) is 6.56. The van der Waals surface area contributed by atoms with E-state index in [1.54, 1.807) is 7.05 Å².